The molecule has 0 aliphatic carbocycles. The van der Waals surface area contributed by atoms with E-state index >= 15 is 0 Å². The molecule has 1 aromatic heterocycles. The zero-order valence-electron chi connectivity index (χ0n) is 15.9. The Hall–Kier alpha value is -3.38. The molecule has 0 saturated carbocycles. The maximum Gasteiger partial charge on any atom is 0.262 e. The molecule has 1 heterocycles. The van der Waals surface area contributed by atoms with Crippen molar-refractivity contribution in [1.82, 2.24) is 4.98 Å². The van der Waals surface area contributed by atoms with Crippen LogP contribution in [0.1, 0.15) is 10.6 Å². The summed E-state index contributed by atoms with van der Waals surface area (Å²) in [5, 5.41) is 3.92. The predicted octanol–water partition coefficient (Wildman–Crippen LogP) is 4.91. The molecule has 146 valence electrons. The van der Waals surface area contributed by atoms with Gasteiger partial charge in [-0.15, -0.1) is 11.3 Å². The topological polar surface area (TPSA) is 60.5 Å². The molecule has 0 radical (unpaired) electrons. The fourth-order valence-corrected chi connectivity index (χ4v) is 3.96. The highest BCUT2D eigenvalue weighted by molar-refractivity contribution is 7.18. The highest BCUT2D eigenvalue weighted by atomic mass is 32.1. The minimum absolute atomic E-state index is 0.0895. The van der Waals surface area contributed by atoms with Gasteiger partial charge in [0.05, 0.1) is 22.3 Å². The number of thiazole rings is 1. The van der Waals surface area contributed by atoms with Crippen molar-refractivity contribution in [3.8, 4) is 11.5 Å². The van der Waals surface area contributed by atoms with E-state index in [4.69, 9.17) is 9.47 Å². The minimum atomic E-state index is -0.227. The van der Waals surface area contributed by atoms with Crippen LogP contribution in [0.5, 0.6) is 11.5 Å². The van der Waals surface area contributed by atoms with Crippen LogP contribution in [-0.4, -0.2) is 24.6 Å². The summed E-state index contributed by atoms with van der Waals surface area (Å²) in [5.41, 5.74) is 2.91. The standard InChI is InChI=1S/C23H20N2O3S/c1-27-19-7-3-4-8-20(19)28-15-22(26)24-17-12-10-16(11-13-17)14-23-25-18-6-2-5-9-21(18)29-23/h2-13H,14-15H2,1H3,(H,24,26). The van der Waals surface area contributed by atoms with E-state index in [-0.39, 0.29) is 12.5 Å². The fraction of sp³-hybridized carbons (Fsp3) is 0.130. The summed E-state index contributed by atoms with van der Waals surface area (Å²) in [4.78, 5) is 16.8. The monoisotopic (exact) mass is 404 g/mol. The molecular weight excluding hydrogens is 384 g/mol. The van der Waals surface area contributed by atoms with Crippen molar-refractivity contribution in [3.63, 3.8) is 0 Å². The summed E-state index contributed by atoms with van der Waals surface area (Å²) >= 11 is 1.71. The SMILES string of the molecule is COc1ccccc1OCC(=O)Nc1ccc(Cc2nc3ccccc3s2)cc1. The van der Waals surface area contributed by atoms with Gasteiger partial charge in [-0.05, 0) is 42.0 Å². The Bertz CT molecular complexity index is 1090. The number of ether oxygens (including phenoxy) is 2. The third-order valence-corrected chi connectivity index (χ3v) is 5.40. The van der Waals surface area contributed by atoms with E-state index in [1.807, 2.05) is 54.6 Å². The average Bonchev–Trinajstić information content (AvgIpc) is 3.16. The quantitative estimate of drug-likeness (QED) is 0.475. The zero-order valence-corrected chi connectivity index (χ0v) is 16.7. The van der Waals surface area contributed by atoms with E-state index in [0.29, 0.717) is 11.5 Å². The van der Waals surface area contributed by atoms with E-state index in [0.717, 1.165) is 28.2 Å². The first kappa shape index (κ1) is 19.0. The van der Waals surface area contributed by atoms with E-state index in [1.54, 1.807) is 30.6 Å². The molecule has 0 saturated heterocycles. The lowest BCUT2D eigenvalue weighted by molar-refractivity contribution is -0.118. The Morgan fingerprint density at radius 1 is 0.966 bits per heavy atom. The molecule has 29 heavy (non-hydrogen) atoms. The molecule has 3 aromatic carbocycles. The van der Waals surface area contributed by atoms with E-state index in [2.05, 4.69) is 16.4 Å². The highest BCUT2D eigenvalue weighted by Gasteiger charge is 2.08. The number of methoxy groups -OCH3 is 1. The van der Waals surface area contributed by atoms with Crippen molar-refractivity contribution < 1.29 is 14.3 Å². The number of para-hydroxylation sites is 3. The van der Waals surface area contributed by atoms with E-state index in [1.165, 1.54) is 4.70 Å². The molecule has 0 aliphatic heterocycles. The number of fused-ring (bicyclic) bond motifs is 1. The Morgan fingerprint density at radius 3 is 2.45 bits per heavy atom. The van der Waals surface area contributed by atoms with Gasteiger partial charge in [-0.2, -0.15) is 0 Å². The van der Waals surface area contributed by atoms with Crippen LogP contribution in [0.25, 0.3) is 10.2 Å². The van der Waals surface area contributed by atoms with Gasteiger partial charge in [-0.3, -0.25) is 4.79 Å². The number of nitrogens with one attached hydrogen (secondary N) is 1. The first-order valence-corrected chi connectivity index (χ1v) is 10.0. The van der Waals surface area contributed by atoms with Gasteiger partial charge in [0, 0.05) is 12.1 Å². The number of rotatable bonds is 7. The lowest BCUT2D eigenvalue weighted by Crippen LogP contribution is -2.20. The molecule has 1 amide bonds. The molecule has 4 aromatic rings. The van der Waals surface area contributed by atoms with Crippen LogP contribution in [0.3, 0.4) is 0 Å². The smallest absolute Gasteiger partial charge is 0.262 e. The molecule has 4 rings (SSSR count). The number of hydrogen-bond acceptors (Lipinski definition) is 5. The van der Waals surface area contributed by atoms with Crippen LogP contribution in [0.2, 0.25) is 0 Å². The summed E-state index contributed by atoms with van der Waals surface area (Å²) < 4.78 is 12.0. The normalized spacial score (nSPS) is 10.7. The maximum atomic E-state index is 12.2. The van der Waals surface area contributed by atoms with Gasteiger partial charge in [-0.25, -0.2) is 4.98 Å². The molecule has 0 atom stereocenters. The molecule has 0 aliphatic rings. The number of carbonyl (C=O) groups excluding carboxylic acids is 1. The van der Waals surface area contributed by atoms with Gasteiger partial charge < -0.3 is 14.8 Å². The zero-order chi connectivity index (χ0) is 20.1. The number of nitrogens with zero attached hydrogens (tertiary/aromatic N) is 1. The van der Waals surface area contributed by atoms with Crippen molar-refractivity contribution in [1.29, 1.82) is 0 Å². The first-order chi connectivity index (χ1) is 14.2. The Morgan fingerprint density at radius 2 is 1.69 bits per heavy atom. The van der Waals surface area contributed by atoms with Crippen molar-refractivity contribution in [2.24, 2.45) is 0 Å². The largest absolute Gasteiger partial charge is 0.493 e. The molecule has 5 nitrogen and oxygen atoms in total. The van der Waals surface area contributed by atoms with Crippen molar-refractivity contribution in [2.75, 3.05) is 19.0 Å². The Kier molecular flexibility index (Phi) is 5.72. The van der Waals surface area contributed by atoms with Crippen LogP contribution < -0.4 is 14.8 Å². The van der Waals surface area contributed by atoms with Crippen LogP contribution in [0.15, 0.2) is 72.8 Å². The molecule has 0 fully saturated rings. The Labute approximate surface area is 172 Å². The maximum absolute atomic E-state index is 12.2. The number of carbonyl (C=O) groups is 1. The lowest BCUT2D eigenvalue weighted by Gasteiger charge is -2.10. The van der Waals surface area contributed by atoms with Gasteiger partial charge in [0.25, 0.3) is 5.91 Å². The van der Waals surface area contributed by atoms with Crippen LogP contribution in [-0.2, 0) is 11.2 Å². The average molecular weight is 404 g/mol. The third-order valence-electron chi connectivity index (χ3n) is 4.36. The van der Waals surface area contributed by atoms with E-state index < -0.39 is 0 Å². The summed E-state index contributed by atoms with van der Waals surface area (Å²) in [6.07, 6.45) is 0.768. The number of benzene rings is 3. The molecule has 0 bridgehead atoms. The molecule has 6 heteroatoms. The van der Waals surface area contributed by atoms with Gasteiger partial charge in [0.2, 0.25) is 0 Å². The second kappa shape index (κ2) is 8.75. The lowest BCUT2D eigenvalue weighted by atomic mass is 10.1. The molecular formula is C23H20N2O3S. The Balaban J connectivity index is 1.33. The highest BCUT2D eigenvalue weighted by Crippen LogP contribution is 2.26. The van der Waals surface area contributed by atoms with E-state index in [9.17, 15) is 4.79 Å². The number of aromatic nitrogens is 1. The number of hydrogen-bond donors (Lipinski definition) is 1. The summed E-state index contributed by atoms with van der Waals surface area (Å²) in [6, 6.07) is 23.2. The third kappa shape index (κ3) is 4.73. The molecule has 1 N–H and O–H groups in total. The van der Waals surface area contributed by atoms with Crippen molar-refractivity contribution >= 4 is 33.1 Å². The second-order valence-electron chi connectivity index (χ2n) is 6.44. The second-order valence-corrected chi connectivity index (χ2v) is 7.55. The minimum Gasteiger partial charge on any atom is -0.493 e. The number of anilines is 1. The number of amides is 1. The summed E-state index contributed by atoms with van der Waals surface area (Å²) in [5.74, 6) is 0.908. The van der Waals surface area contributed by atoms with Crippen LogP contribution in [0.4, 0.5) is 5.69 Å². The van der Waals surface area contributed by atoms with Crippen molar-refractivity contribution in [2.45, 2.75) is 6.42 Å². The molecule has 0 spiro atoms. The van der Waals surface area contributed by atoms with Gasteiger partial charge >= 0.3 is 0 Å². The van der Waals surface area contributed by atoms with Crippen LogP contribution >= 0.6 is 11.3 Å². The summed E-state index contributed by atoms with van der Waals surface area (Å²) in [6.45, 7) is -0.0895. The fourth-order valence-electron chi connectivity index (χ4n) is 2.95. The summed E-state index contributed by atoms with van der Waals surface area (Å²) in [7, 11) is 1.57. The van der Waals surface area contributed by atoms with Gasteiger partial charge in [0.15, 0.2) is 18.1 Å². The molecule has 0 unspecified atom stereocenters. The van der Waals surface area contributed by atoms with Gasteiger partial charge in [0.1, 0.15) is 0 Å². The van der Waals surface area contributed by atoms with Crippen LogP contribution in [0, 0.1) is 0 Å². The first-order valence-electron chi connectivity index (χ1n) is 9.20. The predicted molar refractivity (Wildman–Crippen MR) is 116 cm³/mol. The van der Waals surface area contributed by atoms with Crippen molar-refractivity contribution in [3.05, 3.63) is 83.4 Å². The van der Waals surface area contributed by atoms with Gasteiger partial charge in [-0.1, -0.05) is 36.4 Å².